The molecular formula is C24H27ClN4O3S. The number of halogens is 1. The first kappa shape index (κ1) is 22.4. The van der Waals surface area contributed by atoms with E-state index in [1.807, 2.05) is 23.2 Å². The van der Waals surface area contributed by atoms with Crippen LogP contribution in [-0.2, 0) is 10.0 Å². The molecule has 0 spiro atoms. The zero-order valence-electron chi connectivity index (χ0n) is 18.4. The van der Waals surface area contributed by atoms with Crippen LogP contribution in [0.25, 0.3) is 5.52 Å². The maximum Gasteiger partial charge on any atom is 0.257 e. The largest absolute Gasteiger partial charge is 0.339 e. The van der Waals surface area contributed by atoms with Crippen LogP contribution in [0.15, 0.2) is 53.7 Å². The minimum absolute atomic E-state index is 0.0440. The SMILES string of the molecule is O=C(c1cnn2ccc(C3CCN(S(=O)(=O)c4ccccc4Cl)CC3)cc12)N1CCCCC1. The summed E-state index contributed by atoms with van der Waals surface area (Å²) in [6, 6.07) is 10.6. The molecule has 33 heavy (non-hydrogen) atoms. The van der Waals surface area contributed by atoms with Gasteiger partial charge in [0.25, 0.3) is 5.91 Å². The van der Waals surface area contributed by atoms with Gasteiger partial charge in [-0.05, 0) is 67.9 Å². The number of carbonyl (C=O) groups excluding carboxylic acids is 1. The molecule has 2 aliphatic rings. The Balaban J connectivity index is 1.34. The van der Waals surface area contributed by atoms with Gasteiger partial charge >= 0.3 is 0 Å². The van der Waals surface area contributed by atoms with Crippen molar-refractivity contribution in [3.8, 4) is 0 Å². The number of benzene rings is 1. The Hall–Kier alpha value is -2.42. The summed E-state index contributed by atoms with van der Waals surface area (Å²) in [6.45, 7) is 2.47. The summed E-state index contributed by atoms with van der Waals surface area (Å²) in [4.78, 5) is 15.1. The van der Waals surface area contributed by atoms with E-state index in [1.54, 1.807) is 35.0 Å². The van der Waals surface area contributed by atoms with Crippen molar-refractivity contribution in [2.24, 2.45) is 0 Å². The summed E-state index contributed by atoms with van der Waals surface area (Å²) in [5.41, 5.74) is 2.57. The van der Waals surface area contributed by atoms with Crippen molar-refractivity contribution >= 4 is 33.0 Å². The zero-order valence-corrected chi connectivity index (χ0v) is 19.9. The van der Waals surface area contributed by atoms with Crippen LogP contribution in [0.2, 0.25) is 5.02 Å². The highest BCUT2D eigenvalue weighted by Gasteiger charge is 2.31. The summed E-state index contributed by atoms with van der Waals surface area (Å²) in [5, 5.41) is 4.62. The molecule has 0 radical (unpaired) electrons. The van der Waals surface area contributed by atoms with Crippen LogP contribution < -0.4 is 0 Å². The van der Waals surface area contributed by atoms with E-state index in [-0.39, 0.29) is 21.7 Å². The molecule has 2 aliphatic heterocycles. The van der Waals surface area contributed by atoms with Crippen LogP contribution >= 0.6 is 11.6 Å². The van der Waals surface area contributed by atoms with Gasteiger partial charge in [-0.3, -0.25) is 4.79 Å². The lowest BCUT2D eigenvalue weighted by atomic mass is 9.90. The highest BCUT2D eigenvalue weighted by Crippen LogP contribution is 2.33. The molecule has 174 valence electrons. The lowest BCUT2D eigenvalue weighted by Gasteiger charge is -2.31. The lowest BCUT2D eigenvalue weighted by molar-refractivity contribution is 0.0726. The fourth-order valence-electron chi connectivity index (χ4n) is 4.91. The monoisotopic (exact) mass is 486 g/mol. The number of rotatable bonds is 4. The van der Waals surface area contributed by atoms with Gasteiger partial charge in [0, 0.05) is 32.4 Å². The van der Waals surface area contributed by atoms with Crippen LogP contribution in [0.1, 0.15) is 53.9 Å². The number of hydrogen-bond donors (Lipinski definition) is 0. The van der Waals surface area contributed by atoms with Gasteiger partial charge in [-0.25, -0.2) is 12.9 Å². The third-order valence-corrected chi connectivity index (χ3v) is 9.20. The van der Waals surface area contributed by atoms with Crippen LogP contribution in [0.4, 0.5) is 0 Å². The van der Waals surface area contributed by atoms with E-state index in [0.717, 1.165) is 37.0 Å². The molecule has 4 heterocycles. The van der Waals surface area contributed by atoms with Crippen molar-refractivity contribution in [1.82, 2.24) is 18.8 Å². The standard InChI is InChI=1S/C24H27ClN4O3S/c25-21-6-2-3-7-23(21)33(31,32)28-13-8-18(9-14-28)19-10-15-29-22(16-19)20(17-26-29)24(30)27-11-4-1-5-12-27/h2-3,6-7,10,15-18H,1,4-5,8-9,11-14H2. The number of hydrogen-bond acceptors (Lipinski definition) is 4. The normalized spacial score (nSPS) is 18.6. The quantitative estimate of drug-likeness (QED) is 0.554. The Kier molecular flexibility index (Phi) is 6.16. The second-order valence-corrected chi connectivity index (χ2v) is 11.1. The van der Waals surface area contributed by atoms with E-state index in [1.165, 1.54) is 10.7 Å². The number of aromatic nitrogens is 2. The summed E-state index contributed by atoms with van der Waals surface area (Å²) >= 11 is 6.15. The van der Waals surface area contributed by atoms with Gasteiger partial charge in [0.1, 0.15) is 4.90 Å². The maximum absolute atomic E-state index is 13.1. The number of carbonyl (C=O) groups is 1. The number of fused-ring (bicyclic) bond motifs is 1. The Bertz CT molecular complexity index is 1280. The molecule has 0 N–H and O–H groups in total. The zero-order chi connectivity index (χ0) is 23.0. The van der Waals surface area contributed by atoms with Crippen molar-refractivity contribution in [2.75, 3.05) is 26.2 Å². The van der Waals surface area contributed by atoms with E-state index >= 15 is 0 Å². The molecule has 0 bridgehead atoms. The lowest BCUT2D eigenvalue weighted by Crippen LogP contribution is -2.38. The minimum Gasteiger partial charge on any atom is -0.339 e. The van der Waals surface area contributed by atoms with E-state index in [4.69, 9.17) is 11.6 Å². The van der Waals surface area contributed by atoms with E-state index in [2.05, 4.69) is 5.10 Å². The number of pyridine rings is 1. The molecule has 0 saturated carbocycles. The van der Waals surface area contributed by atoms with Gasteiger partial charge < -0.3 is 4.90 Å². The van der Waals surface area contributed by atoms with Crippen molar-refractivity contribution < 1.29 is 13.2 Å². The van der Waals surface area contributed by atoms with Gasteiger partial charge in [-0.15, -0.1) is 0 Å². The van der Waals surface area contributed by atoms with Gasteiger partial charge in [-0.2, -0.15) is 9.40 Å². The number of amides is 1. The Labute approximate surface area is 199 Å². The Morgan fingerprint density at radius 2 is 1.73 bits per heavy atom. The summed E-state index contributed by atoms with van der Waals surface area (Å²) in [6.07, 6.45) is 8.25. The molecule has 5 rings (SSSR count). The fraction of sp³-hybridized carbons (Fsp3) is 0.417. The third kappa shape index (κ3) is 4.27. The van der Waals surface area contributed by atoms with E-state index in [9.17, 15) is 13.2 Å². The Morgan fingerprint density at radius 3 is 2.45 bits per heavy atom. The average Bonchev–Trinajstić information content (AvgIpc) is 3.27. The molecule has 2 aromatic heterocycles. The van der Waals surface area contributed by atoms with Gasteiger partial charge in [0.15, 0.2) is 0 Å². The second kappa shape index (κ2) is 9.08. The number of likely N-dealkylation sites (tertiary alicyclic amines) is 1. The number of sulfonamides is 1. The van der Waals surface area contributed by atoms with Gasteiger partial charge in [0.2, 0.25) is 10.0 Å². The smallest absolute Gasteiger partial charge is 0.257 e. The molecule has 1 aromatic carbocycles. The van der Waals surface area contributed by atoms with Crippen molar-refractivity contribution in [2.45, 2.75) is 42.9 Å². The first-order valence-electron chi connectivity index (χ1n) is 11.5. The molecule has 7 nitrogen and oxygen atoms in total. The first-order chi connectivity index (χ1) is 15.9. The molecule has 9 heteroatoms. The Morgan fingerprint density at radius 1 is 1.00 bits per heavy atom. The molecule has 2 saturated heterocycles. The number of piperidine rings is 2. The highest BCUT2D eigenvalue weighted by molar-refractivity contribution is 7.89. The van der Waals surface area contributed by atoms with Gasteiger partial charge in [-0.1, -0.05) is 23.7 Å². The fourth-order valence-corrected chi connectivity index (χ4v) is 6.87. The van der Waals surface area contributed by atoms with Crippen LogP contribution in [0.3, 0.4) is 0 Å². The maximum atomic E-state index is 13.1. The molecule has 2 fully saturated rings. The van der Waals surface area contributed by atoms with Crippen molar-refractivity contribution in [3.63, 3.8) is 0 Å². The summed E-state index contributed by atoms with van der Waals surface area (Å²) in [7, 11) is -3.62. The summed E-state index contributed by atoms with van der Waals surface area (Å²) in [5.74, 6) is 0.267. The van der Waals surface area contributed by atoms with E-state index < -0.39 is 10.0 Å². The molecule has 1 amide bonds. The molecule has 0 unspecified atom stereocenters. The van der Waals surface area contributed by atoms with E-state index in [0.29, 0.717) is 31.5 Å². The minimum atomic E-state index is -3.62. The van der Waals surface area contributed by atoms with Crippen molar-refractivity contribution in [1.29, 1.82) is 0 Å². The van der Waals surface area contributed by atoms with Gasteiger partial charge in [0.05, 0.1) is 22.3 Å². The molecular weight excluding hydrogens is 460 g/mol. The molecule has 3 aromatic rings. The topological polar surface area (TPSA) is 75.0 Å². The second-order valence-electron chi connectivity index (χ2n) is 8.81. The predicted molar refractivity (Wildman–Crippen MR) is 127 cm³/mol. The third-order valence-electron chi connectivity index (χ3n) is 6.80. The van der Waals surface area contributed by atoms with Crippen LogP contribution in [0, 0.1) is 0 Å². The summed E-state index contributed by atoms with van der Waals surface area (Å²) < 4.78 is 29.4. The highest BCUT2D eigenvalue weighted by atomic mass is 35.5. The first-order valence-corrected chi connectivity index (χ1v) is 13.3. The van der Waals surface area contributed by atoms with Crippen LogP contribution in [-0.4, -0.2) is 59.3 Å². The predicted octanol–water partition coefficient (Wildman–Crippen LogP) is 4.18. The molecule has 0 atom stereocenters. The number of nitrogens with zero attached hydrogens (tertiary/aromatic N) is 4. The average molecular weight is 487 g/mol. The van der Waals surface area contributed by atoms with Crippen molar-refractivity contribution in [3.05, 3.63) is 64.9 Å². The molecule has 0 aliphatic carbocycles. The van der Waals surface area contributed by atoms with Crippen LogP contribution in [0.5, 0.6) is 0 Å².